The van der Waals surface area contributed by atoms with E-state index in [2.05, 4.69) is 9.97 Å². The van der Waals surface area contributed by atoms with Crippen molar-refractivity contribution in [2.75, 3.05) is 5.73 Å². The lowest BCUT2D eigenvalue weighted by Crippen LogP contribution is -1.99. The van der Waals surface area contributed by atoms with Crippen LogP contribution in [0.25, 0.3) is 0 Å². The van der Waals surface area contributed by atoms with Crippen LogP contribution in [0.4, 0.5) is 10.3 Å². The lowest BCUT2D eigenvalue weighted by Gasteiger charge is -2.07. The van der Waals surface area contributed by atoms with E-state index < -0.39 is 5.82 Å². The summed E-state index contributed by atoms with van der Waals surface area (Å²) in [6.45, 7) is 1.89. The van der Waals surface area contributed by atoms with Crippen LogP contribution in [0, 0.1) is 12.7 Å². The van der Waals surface area contributed by atoms with Crippen molar-refractivity contribution >= 4 is 17.5 Å². The minimum Gasteiger partial charge on any atom is -0.435 e. The molecule has 0 aliphatic carbocycles. The summed E-state index contributed by atoms with van der Waals surface area (Å²) in [4.78, 5) is 7.14. The van der Waals surface area contributed by atoms with Crippen molar-refractivity contribution in [3.8, 4) is 11.6 Å². The second-order valence-electron chi connectivity index (χ2n) is 3.42. The van der Waals surface area contributed by atoms with E-state index in [4.69, 9.17) is 22.1 Å². The summed E-state index contributed by atoms with van der Waals surface area (Å²) < 4.78 is 18.6. The number of rotatable bonds is 2. The summed E-state index contributed by atoms with van der Waals surface area (Å²) in [5.41, 5.74) is 6.32. The second-order valence-corrected chi connectivity index (χ2v) is 3.82. The smallest absolute Gasteiger partial charge is 0.260 e. The third-order valence-electron chi connectivity index (χ3n) is 2.02. The highest BCUT2D eigenvalue weighted by molar-refractivity contribution is 6.32. The van der Waals surface area contributed by atoms with Crippen molar-refractivity contribution in [3.63, 3.8) is 0 Å². The zero-order chi connectivity index (χ0) is 12.4. The Bertz CT molecular complexity index is 562. The highest BCUT2D eigenvalue weighted by Crippen LogP contribution is 2.30. The SMILES string of the molecule is Cc1ccc(Oc2nc(N)ncc2F)c(Cl)c1. The van der Waals surface area contributed by atoms with Gasteiger partial charge in [-0.3, -0.25) is 0 Å². The molecule has 2 rings (SSSR count). The van der Waals surface area contributed by atoms with Crippen LogP contribution in [0.1, 0.15) is 5.56 Å². The van der Waals surface area contributed by atoms with E-state index in [9.17, 15) is 4.39 Å². The molecule has 0 aliphatic heterocycles. The van der Waals surface area contributed by atoms with Gasteiger partial charge in [0.15, 0.2) is 0 Å². The van der Waals surface area contributed by atoms with Crippen molar-refractivity contribution in [2.45, 2.75) is 6.92 Å². The Morgan fingerprint density at radius 1 is 1.41 bits per heavy atom. The van der Waals surface area contributed by atoms with Gasteiger partial charge in [0.05, 0.1) is 11.2 Å². The molecule has 0 spiro atoms. The lowest BCUT2D eigenvalue weighted by atomic mass is 10.2. The Kier molecular flexibility index (Phi) is 3.10. The molecule has 1 aromatic carbocycles. The number of aromatic nitrogens is 2. The molecule has 0 saturated heterocycles. The predicted molar refractivity (Wildman–Crippen MR) is 62.7 cm³/mol. The molecule has 2 aromatic rings. The number of nitrogen functional groups attached to an aromatic ring is 1. The van der Waals surface area contributed by atoms with Gasteiger partial charge in [0, 0.05) is 0 Å². The molecule has 0 amide bonds. The summed E-state index contributed by atoms with van der Waals surface area (Å²) >= 11 is 5.95. The van der Waals surface area contributed by atoms with Crippen molar-refractivity contribution in [3.05, 3.63) is 40.8 Å². The van der Waals surface area contributed by atoms with E-state index in [-0.39, 0.29) is 11.8 Å². The molecule has 88 valence electrons. The van der Waals surface area contributed by atoms with Crippen molar-refractivity contribution in [1.29, 1.82) is 0 Å². The van der Waals surface area contributed by atoms with Crippen LogP contribution in [0.15, 0.2) is 24.4 Å². The zero-order valence-corrected chi connectivity index (χ0v) is 9.70. The van der Waals surface area contributed by atoms with Gasteiger partial charge in [-0.2, -0.15) is 9.37 Å². The van der Waals surface area contributed by atoms with Gasteiger partial charge in [0.2, 0.25) is 11.8 Å². The molecule has 0 unspecified atom stereocenters. The van der Waals surface area contributed by atoms with Crippen LogP contribution in [0.2, 0.25) is 5.02 Å². The van der Waals surface area contributed by atoms with E-state index in [1.807, 2.05) is 6.92 Å². The Balaban J connectivity index is 2.34. The molecule has 0 radical (unpaired) electrons. The number of benzene rings is 1. The number of nitrogens with zero attached hydrogens (tertiary/aromatic N) is 2. The van der Waals surface area contributed by atoms with Crippen LogP contribution >= 0.6 is 11.6 Å². The lowest BCUT2D eigenvalue weighted by molar-refractivity contribution is 0.421. The number of halogens is 2. The van der Waals surface area contributed by atoms with Gasteiger partial charge in [-0.1, -0.05) is 17.7 Å². The van der Waals surface area contributed by atoms with Crippen LogP contribution in [0.5, 0.6) is 11.6 Å². The summed E-state index contributed by atoms with van der Waals surface area (Å²) in [5, 5.41) is 0.376. The van der Waals surface area contributed by atoms with Gasteiger partial charge in [-0.15, -0.1) is 0 Å². The van der Waals surface area contributed by atoms with Gasteiger partial charge in [0.25, 0.3) is 5.88 Å². The molecule has 0 saturated carbocycles. The van der Waals surface area contributed by atoms with Crippen LogP contribution in [0.3, 0.4) is 0 Å². The zero-order valence-electron chi connectivity index (χ0n) is 8.95. The molecule has 0 fully saturated rings. The monoisotopic (exact) mass is 253 g/mol. The fraction of sp³-hybridized carbons (Fsp3) is 0.0909. The van der Waals surface area contributed by atoms with Crippen LogP contribution in [-0.4, -0.2) is 9.97 Å². The maximum absolute atomic E-state index is 13.3. The standard InChI is InChI=1S/C11H9ClFN3O/c1-6-2-3-9(7(12)4-6)17-10-8(13)5-15-11(14)16-10/h2-5H,1H3,(H2,14,15,16). The van der Waals surface area contributed by atoms with Crippen molar-refractivity contribution in [1.82, 2.24) is 9.97 Å². The average Bonchev–Trinajstić information content (AvgIpc) is 2.27. The first kappa shape index (κ1) is 11.6. The second kappa shape index (κ2) is 4.55. The van der Waals surface area contributed by atoms with Gasteiger partial charge in [-0.25, -0.2) is 4.98 Å². The minimum absolute atomic E-state index is 0.0652. The maximum atomic E-state index is 13.3. The Hall–Kier alpha value is -1.88. The molecular weight excluding hydrogens is 245 g/mol. The Morgan fingerprint density at radius 3 is 2.88 bits per heavy atom. The van der Waals surface area contributed by atoms with Crippen LogP contribution in [-0.2, 0) is 0 Å². The molecule has 0 bridgehead atoms. The molecular formula is C11H9ClFN3O. The molecule has 6 heteroatoms. The van der Waals surface area contributed by atoms with E-state index in [0.717, 1.165) is 11.8 Å². The summed E-state index contributed by atoms with van der Waals surface area (Å²) in [6.07, 6.45) is 0.944. The fourth-order valence-corrected chi connectivity index (χ4v) is 1.50. The van der Waals surface area contributed by atoms with Gasteiger partial charge >= 0.3 is 0 Å². The number of ether oxygens (including phenoxy) is 1. The Labute approximate surface area is 102 Å². The summed E-state index contributed by atoms with van der Waals surface area (Å²) in [5.74, 6) is -0.696. The molecule has 0 atom stereocenters. The molecule has 0 aliphatic rings. The van der Waals surface area contributed by atoms with E-state index >= 15 is 0 Å². The van der Waals surface area contributed by atoms with Crippen molar-refractivity contribution < 1.29 is 9.13 Å². The van der Waals surface area contributed by atoms with Gasteiger partial charge < -0.3 is 10.5 Å². The van der Waals surface area contributed by atoms with E-state index in [1.54, 1.807) is 18.2 Å². The molecule has 17 heavy (non-hydrogen) atoms. The first-order chi connectivity index (χ1) is 8.06. The number of anilines is 1. The van der Waals surface area contributed by atoms with Gasteiger partial charge in [0.1, 0.15) is 5.75 Å². The predicted octanol–water partition coefficient (Wildman–Crippen LogP) is 2.95. The number of hydrogen-bond donors (Lipinski definition) is 1. The number of hydrogen-bond acceptors (Lipinski definition) is 4. The van der Waals surface area contributed by atoms with E-state index in [0.29, 0.717) is 10.8 Å². The Morgan fingerprint density at radius 2 is 2.18 bits per heavy atom. The maximum Gasteiger partial charge on any atom is 0.260 e. The normalized spacial score (nSPS) is 10.3. The molecule has 1 aromatic heterocycles. The quantitative estimate of drug-likeness (QED) is 0.894. The number of nitrogens with two attached hydrogens (primary N) is 1. The third kappa shape index (κ3) is 2.62. The first-order valence-corrected chi connectivity index (χ1v) is 5.16. The topological polar surface area (TPSA) is 61.0 Å². The summed E-state index contributed by atoms with van der Waals surface area (Å²) in [6, 6.07) is 5.14. The molecule has 4 nitrogen and oxygen atoms in total. The average molecular weight is 254 g/mol. The highest BCUT2D eigenvalue weighted by atomic mass is 35.5. The van der Waals surface area contributed by atoms with Crippen LogP contribution < -0.4 is 10.5 Å². The summed E-state index contributed by atoms with van der Waals surface area (Å²) in [7, 11) is 0. The van der Waals surface area contributed by atoms with Gasteiger partial charge in [-0.05, 0) is 24.6 Å². The van der Waals surface area contributed by atoms with Crippen molar-refractivity contribution in [2.24, 2.45) is 0 Å². The highest BCUT2D eigenvalue weighted by Gasteiger charge is 2.10. The third-order valence-corrected chi connectivity index (χ3v) is 2.32. The number of aryl methyl sites for hydroxylation is 1. The largest absolute Gasteiger partial charge is 0.435 e. The fourth-order valence-electron chi connectivity index (χ4n) is 1.23. The minimum atomic E-state index is -0.698. The van der Waals surface area contributed by atoms with E-state index in [1.165, 1.54) is 0 Å². The molecule has 2 N–H and O–H groups in total. The molecule has 1 heterocycles. The first-order valence-electron chi connectivity index (χ1n) is 4.78.